The topological polar surface area (TPSA) is 15.7 Å². The van der Waals surface area contributed by atoms with Gasteiger partial charge in [-0.15, -0.1) is 0 Å². The number of benzene rings is 2. The molecular formula is C21H26Cl2N2O. The van der Waals surface area contributed by atoms with E-state index in [1.165, 1.54) is 44.7 Å². The molecule has 0 bridgehead atoms. The Hall–Kier alpha value is -1.26. The number of hydrogen-bond acceptors (Lipinski definition) is 3. The van der Waals surface area contributed by atoms with Crippen molar-refractivity contribution < 1.29 is 4.74 Å². The van der Waals surface area contributed by atoms with Gasteiger partial charge in [0.2, 0.25) is 0 Å². The Kier molecular flexibility index (Phi) is 7.21. The van der Waals surface area contributed by atoms with Gasteiger partial charge in [0.05, 0.1) is 0 Å². The number of rotatable bonds is 7. The summed E-state index contributed by atoms with van der Waals surface area (Å²) in [7, 11) is 2.20. The van der Waals surface area contributed by atoms with E-state index >= 15 is 0 Å². The lowest BCUT2D eigenvalue weighted by Crippen LogP contribution is -2.44. The maximum Gasteiger partial charge on any atom is 0.119 e. The minimum Gasteiger partial charge on any atom is -0.489 e. The second-order valence-corrected chi connectivity index (χ2v) is 7.76. The molecule has 3 rings (SSSR count). The van der Waals surface area contributed by atoms with E-state index in [1.807, 2.05) is 24.3 Å². The summed E-state index contributed by atoms with van der Waals surface area (Å²) in [5.41, 5.74) is 2.29. The van der Waals surface area contributed by atoms with Crippen molar-refractivity contribution in [2.45, 2.75) is 19.4 Å². The van der Waals surface area contributed by atoms with Crippen molar-refractivity contribution in [1.82, 2.24) is 9.80 Å². The van der Waals surface area contributed by atoms with Gasteiger partial charge in [-0.05, 0) is 56.3 Å². The molecule has 0 spiro atoms. The quantitative estimate of drug-likeness (QED) is 0.675. The van der Waals surface area contributed by atoms with Crippen molar-refractivity contribution >= 4 is 23.2 Å². The lowest BCUT2D eigenvalue weighted by atomic mass is 10.1. The highest BCUT2D eigenvalue weighted by Crippen LogP contribution is 2.23. The first-order valence-electron chi connectivity index (χ1n) is 9.17. The van der Waals surface area contributed by atoms with E-state index < -0.39 is 0 Å². The van der Waals surface area contributed by atoms with Crippen LogP contribution in [-0.4, -0.2) is 49.6 Å². The van der Waals surface area contributed by atoms with Gasteiger partial charge in [-0.2, -0.15) is 0 Å². The zero-order chi connectivity index (χ0) is 18.4. The van der Waals surface area contributed by atoms with Gasteiger partial charge < -0.3 is 14.5 Å². The second-order valence-electron chi connectivity index (χ2n) is 6.92. The average Bonchev–Trinajstić information content (AvgIpc) is 2.64. The van der Waals surface area contributed by atoms with Crippen molar-refractivity contribution in [3.05, 3.63) is 63.6 Å². The van der Waals surface area contributed by atoms with Gasteiger partial charge in [0.1, 0.15) is 12.4 Å². The summed E-state index contributed by atoms with van der Waals surface area (Å²) in [5.74, 6) is 0.860. The number of ether oxygens (including phenoxy) is 1. The molecule has 26 heavy (non-hydrogen) atoms. The highest BCUT2D eigenvalue weighted by Gasteiger charge is 2.12. The third-order valence-corrected chi connectivity index (χ3v) is 5.46. The number of aryl methyl sites for hydroxylation is 1. The van der Waals surface area contributed by atoms with Crippen LogP contribution in [0.1, 0.15) is 17.5 Å². The van der Waals surface area contributed by atoms with E-state index in [0.717, 1.165) is 17.7 Å². The van der Waals surface area contributed by atoms with Crippen LogP contribution in [0.4, 0.5) is 0 Å². The molecule has 1 aliphatic rings. The van der Waals surface area contributed by atoms with Gasteiger partial charge in [0, 0.05) is 41.8 Å². The first kappa shape index (κ1) is 19.5. The Labute approximate surface area is 166 Å². The van der Waals surface area contributed by atoms with E-state index in [1.54, 1.807) is 6.07 Å². The van der Waals surface area contributed by atoms with Crippen molar-refractivity contribution in [1.29, 1.82) is 0 Å². The minimum absolute atomic E-state index is 0.443. The molecular weight excluding hydrogens is 367 g/mol. The summed E-state index contributed by atoms with van der Waals surface area (Å²) >= 11 is 12.1. The molecule has 0 aliphatic carbocycles. The molecule has 2 aromatic rings. The zero-order valence-corrected chi connectivity index (χ0v) is 16.8. The summed E-state index contributed by atoms with van der Waals surface area (Å²) in [6.45, 7) is 6.38. The molecule has 0 atom stereocenters. The molecule has 3 nitrogen and oxygen atoms in total. The van der Waals surface area contributed by atoms with Crippen LogP contribution in [-0.2, 0) is 13.0 Å². The lowest BCUT2D eigenvalue weighted by Gasteiger charge is -2.32. The summed E-state index contributed by atoms with van der Waals surface area (Å²) in [5, 5.41) is 1.28. The van der Waals surface area contributed by atoms with Crippen LogP contribution < -0.4 is 4.74 Å². The molecule has 0 radical (unpaired) electrons. The van der Waals surface area contributed by atoms with Crippen LogP contribution >= 0.6 is 23.2 Å². The molecule has 0 N–H and O–H groups in total. The Morgan fingerprint density at radius 3 is 2.38 bits per heavy atom. The van der Waals surface area contributed by atoms with E-state index in [4.69, 9.17) is 27.9 Å². The number of piperazine rings is 1. The number of hydrogen-bond donors (Lipinski definition) is 0. The van der Waals surface area contributed by atoms with Crippen molar-refractivity contribution in [2.75, 3.05) is 39.8 Å². The highest BCUT2D eigenvalue weighted by atomic mass is 35.5. The van der Waals surface area contributed by atoms with E-state index in [9.17, 15) is 0 Å². The summed E-state index contributed by atoms with van der Waals surface area (Å²) in [6, 6.07) is 13.9. The number of halogens is 2. The smallest absolute Gasteiger partial charge is 0.119 e. The maximum atomic E-state index is 6.18. The van der Waals surface area contributed by atoms with Gasteiger partial charge in [0.25, 0.3) is 0 Å². The van der Waals surface area contributed by atoms with E-state index in [-0.39, 0.29) is 0 Å². The Morgan fingerprint density at radius 1 is 0.962 bits per heavy atom. The normalized spacial score (nSPS) is 16.0. The van der Waals surface area contributed by atoms with E-state index in [2.05, 4.69) is 29.0 Å². The SMILES string of the molecule is CN1CCN(CCCc2ccc(OCc3ccc(Cl)cc3Cl)cc2)CC1. The molecule has 0 aromatic heterocycles. The third kappa shape index (κ3) is 5.88. The summed E-state index contributed by atoms with van der Waals surface area (Å²) in [4.78, 5) is 4.96. The molecule has 0 saturated carbocycles. The molecule has 1 heterocycles. The van der Waals surface area contributed by atoms with Gasteiger partial charge in [-0.3, -0.25) is 0 Å². The van der Waals surface area contributed by atoms with Crippen molar-refractivity contribution in [3.63, 3.8) is 0 Å². The highest BCUT2D eigenvalue weighted by molar-refractivity contribution is 6.35. The second kappa shape index (κ2) is 9.61. The molecule has 0 unspecified atom stereocenters. The van der Waals surface area contributed by atoms with Crippen LogP contribution in [0.5, 0.6) is 5.75 Å². The fourth-order valence-corrected chi connectivity index (χ4v) is 3.59. The van der Waals surface area contributed by atoms with Gasteiger partial charge in [-0.1, -0.05) is 41.4 Å². The molecule has 1 fully saturated rings. The molecule has 140 valence electrons. The largest absolute Gasteiger partial charge is 0.489 e. The molecule has 1 aliphatic heterocycles. The first-order chi connectivity index (χ1) is 12.6. The minimum atomic E-state index is 0.443. The Balaban J connectivity index is 1.41. The van der Waals surface area contributed by atoms with Gasteiger partial charge >= 0.3 is 0 Å². The molecule has 1 saturated heterocycles. The zero-order valence-electron chi connectivity index (χ0n) is 15.3. The van der Waals surface area contributed by atoms with Gasteiger partial charge in [-0.25, -0.2) is 0 Å². The lowest BCUT2D eigenvalue weighted by molar-refractivity contribution is 0.153. The van der Waals surface area contributed by atoms with Crippen LogP contribution in [0.2, 0.25) is 10.0 Å². The summed E-state index contributed by atoms with van der Waals surface area (Å²) in [6.07, 6.45) is 2.31. The predicted octanol–water partition coefficient (Wildman–Crippen LogP) is 4.75. The number of nitrogens with zero attached hydrogens (tertiary/aromatic N) is 2. The molecule has 2 aromatic carbocycles. The van der Waals surface area contributed by atoms with Crippen LogP contribution in [0, 0.1) is 0 Å². The van der Waals surface area contributed by atoms with Crippen LogP contribution in [0.15, 0.2) is 42.5 Å². The van der Waals surface area contributed by atoms with Crippen molar-refractivity contribution in [2.24, 2.45) is 0 Å². The summed E-state index contributed by atoms with van der Waals surface area (Å²) < 4.78 is 5.84. The monoisotopic (exact) mass is 392 g/mol. The number of likely N-dealkylation sites (N-methyl/N-ethyl adjacent to an activating group) is 1. The Morgan fingerprint density at radius 2 is 1.69 bits per heavy atom. The predicted molar refractivity (Wildman–Crippen MR) is 109 cm³/mol. The first-order valence-corrected chi connectivity index (χ1v) is 9.92. The Bertz CT molecular complexity index is 698. The fourth-order valence-electron chi connectivity index (χ4n) is 3.13. The third-order valence-electron chi connectivity index (χ3n) is 4.87. The maximum absolute atomic E-state index is 6.18. The standard InChI is InChI=1S/C21H26Cl2N2O/c1-24-11-13-25(14-12-24)10-2-3-17-4-8-20(9-5-17)26-16-18-6-7-19(22)15-21(18)23/h4-9,15H,2-3,10-14,16H2,1H3. The molecule has 0 amide bonds. The van der Waals surface area contributed by atoms with Gasteiger partial charge in [0.15, 0.2) is 0 Å². The van der Waals surface area contributed by atoms with Crippen LogP contribution in [0.3, 0.4) is 0 Å². The molecule has 5 heteroatoms. The average molecular weight is 393 g/mol. The van der Waals surface area contributed by atoms with E-state index in [0.29, 0.717) is 16.7 Å². The van der Waals surface area contributed by atoms with Crippen LogP contribution in [0.25, 0.3) is 0 Å². The van der Waals surface area contributed by atoms with Crippen molar-refractivity contribution in [3.8, 4) is 5.75 Å². The fraction of sp³-hybridized carbons (Fsp3) is 0.429.